The van der Waals surface area contributed by atoms with Crippen LogP contribution in [0.25, 0.3) is 0 Å². The van der Waals surface area contributed by atoms with Gasteiger partial charge in [0.2, 0.25) is 0 Å². The summed E-state index contributed by atoms with van der Waals surface area (Å²) in [6, 6.07) is 7.92. The minimum atomic E-state index is -0.172. The molecule has 90 valence electrons. The summed E-state index contributed by atoms with van der Waals surface area (Å²) in [5.41, 5.74) is 6.77. The zero-order valence-corrected chi connectivity index (χ0v) is 10.0. The normalized spacial score (nSPS) is 14.5. The van der Waals surface area contributed by atoms with Gasteiger partial charge < -0.3 is 15.6 Å². The van der Waals surface area contributed by atoms with Crippen molar-refractivity contribution in [3.8, 4) is 5.75 Å². The fraction of sp³-hybridized carbons (Fsp3) is 0.538. The smallest absolute Gasteiger partial charge is 0.123 e. The molecule has 3 N–H and O–H groups in total. The number of aliphatic hydroxyl groups excluding tert-OH is 1. The van der Waals surface area contributed by atoms with Crippen LogP contribution in [0.5, 0.6) is 5.75 Å². The summed E-state index contributed by atoms with van der Waals surface area (Å²) in [6.45, 7) is 4.67. The Morgan fingerprint density at radius 3 is 2.62 bits per heavy atom. The Morgan fingerprint density at radius 1 is 1.31 bits per heavy atom. The van der Waals surface area contributed by atoms with E-state index in [1.165, 1.54) is 0 Å². The van der Waals surface area contributed by atoms with E-state index in [0.717, 1.165) is 17.7 Å². The number of rotatable bonds is 6. The molecule has 1 rings (SSSR count). The standard InChI is InChI=1S/C13H21NO2/c1-10(8-14)7-12-5-3-4-6-13(12)16-11(2)9-15/h3-6,10-11,15H,7-9,14H2,1-2H3/t10-,11+/m0/s1. The number of hydrogen-bond donors (Lipinski definition) is 2. The molecule has 0 amide bonds. The second-order valence-corrected chi connectivity index (χ2v) is 4.26. The molecule has 0 saturated heterocycles. The van der Waals surface area contributed by atoms with Gasteiger partial charge in [0, 0.05) is 0 Å². The molecule has 0 spiro atoms. The van der Waals surface area contributed by atoms with Gasteiger partial charge in [-0.1, -0.05) is 25.1 Å². The molecule has 0 aliphatic heterocycles. The number of para-hydroxylation sites is 1. The van der Waals surface area contributed by atoms with Gasteiger partial charge in [-0.25, -0.2) is 0 Å². The Hall–Kier alpha value is -1.06. The highest BCUT2D eigenvalue weighted by Crippen LogP contribution is 2.22. The van der Waals surface area contributed by atoms with E-state index in [0.29, 0.717) is 12.5 Å². The average molecular weight is 223 g/mol. The number of ether oxygens (including phenoxy) is 1. The first kappa shape index (κ1) is 13.0. The minimum absolute atomic E-state index is 0.0285. The van der Waals surface area contributed by atoms with Crippen LogP contribution in [-0.2, 0) is 6.42 Å². The highest BCUT2D eigenvalue weighted by Gasteiger charge is 2.09. The van der Waals surface area contributed by atoms with Crippen molar-refractivity contribution in [2.45, 2.75) is 26.4 Å². The summed E-state index contributed by atoms with van der Waals surface area (Å²) in [5, 5.41) is 8.97. The van der Waals surface area contributed by atoms with E-state index in [-0.39, 0.29) is 12.7 Å². The first-order chi connectivity index (χ1) is 7.67. The third kappa shape index (κ3) is 3.83. The Balaban J connectivity index is 2.75. The van der Waals surface area contributed by atoms with Gasteiger partial charge in [0.25, 0.3) is 0 Å². The van der Waals surface area contributed by atoms with Crippen molar-refractivity contribution in [2.75, 3.05) is 13.2 Å². The van der Waals surface area contributed by atoms with Crippen LogP contribution in [0.1, 0.15) is 19.4 Å². The number of hydrogen-bond acceptors (Lipinski definition) is 3. The van der Waals surface area contributed by atoms with Crippen LogP contribution in [-0.4, -0.2) is 24.4 Å². The molecule has 0 radical (unpaired) electrons. The molecular formula is C13H21NO2. The summed E-state index contributed by atoms with van der Waals surface area (Å²) < 4.78 is 5.65. The van der Waals surface area contributed by atoms with Crippen molar-refractivity contribution in [3.05, 3.63) is 29.8 Å². The van der Waals surface area contributed by atoms with Crippen molar-refractivity contribution >= 4 is 0 Å². The highest BCUT2D eigenvalue weighted by molar-refractivity contribution is 5.33. The van der Waals surface area contributed by atoms with Crippen LogP contribution in [0.4, 0.5) is 0 Å². The van der Waals surface area contributed by atoms with Crippen LogP contribution in [0, 0.1) is 5.92 Å². The minimum Gasteiger partial charge on any atom is -0.488 e. The molecule has 2 atom stereocenters. The highest BCUT2D eigenvalue weighted by atomic mass is 16.5. The van der Waals surface area contributed by atoms with Gasteiger partial charge in [-0.2, -0.15) is 0 Å². The van der Waals surface area contributed by atoms with Crippen molar-refractivity contribution in [2.24, 2.45) is 11.7 Å². The topological polar surface area (TPSA) is 55.5 Å². The lowest BCUT2D eigenvalue weighted by Crippen LogP contribution is -2.18. The first-order valence-electron chi connectivity index (χ1n) is 5.72. The molecule has 0 aromatic heterocycles. The fourth-order valence-corrected chi connectivity index (χ4v) is 1.50. The molecule has 0 fully saturated rings. The Kier molecular flexibility index (Phi) is 5.29. The molecule has 1 aromatic rings. The monoisotopic (exact) mass is 223 g/mol. The second-order valence-electron chi connectivity index (χ2n) is 4.26. The van der Waals surface area contributed by atoms with Crippen molar-refractivity contribution in [1.82, 2.24) is 0 Å². The molecule has 16 heavy (non-hydrogen) atoms. The molecule has 0 aliphatic carbocycles. The van der Waals surface area contributed by atoms with E-state index in [9.17, 15) is 0 Å². The maximum absolute atomic E-state index is 8.97. The van der Waals surface area contributed by atoms with E-state index < -0.39 is 0 Å². The predicted octanol–water partition coefficient (Wildman–Crippen LogP) is 1.58. The summed E-state index contributed by atoms with van der Waals surface area (Å²) in [4.78, 5) is 0. The van der Waals surface area contributed by atoms with E-state index in [1.807, 2.05) is 31.2 Å². The van der Waals surface area contributed by atoms with Crippen LogP contribution in [0.3, 0.4) is 0 Å². The Morgan fingerprint density at radius 2 is 2.00 bits per heavy atom. The van der Waals surface area contributed by atoms with Crippen molar-refractivity contribution in [3.63, 3.8) is 0 Å². The summed E-state index contributed by atoms with van der Waals surface area (Å²) in [7, 11) is 0. The van der Waals surface area contributed by atoms with E-state index in [1.54, 1.807) is 0 Å². The molecule has 1 aromatic carbocycles. The first-order valence-corrected chi connectivity index (χ1v) is 5.72. The molecule has 0 aliphatic rings. The second kappa shape index (κ2) is 6.51. The molecule has 0 unspecified atom stereocenters. The SMILES string of the molecule is C[C@H](CN)Cc1ccccc1O[C@H](C)CO. The molecule has 0 saturated carbocycles. The zero-order chi connectivity index (χ0) is 12.0. The maximum atomic E-state index is 8.97. The van der Waals surface area contributed by atoms with E-state index in [4.69, 9.17) is 15.6 Å². The van der Waals surface area contributed by atoms with Crippen LogP contribution in [0.2, 0.25) is 0 Å². The van der Waals surface area contributed by atoms with Crippen LogP contribution < -0.4 is 10.5 Å². The Labute approximate surface area is 97.2 Å². The largest absolute Gasteiger partial charge is 0.488 e. The van der Waals surface area contributed by atoms with E-state index >= 15 is 0 Å². The molecule has 3 heteroatoms. The summed E-state index contributed by atoms with van der Waals surface area (Å²) >= 11 is 0. The Bertz CT molecular complexity index is 284. The van der Waals surface area contributed by atoms with Crippen LogP contribution >= 0.6 is 0 Å². The van der Waals surface area contributed by atoms with Crippen molar-refractivity contribution < 1.29 is 9.84 Å². The van der Waals surface area contributed by atoms with E-state index in [2.05, 4.69) is 6.92 Å². The number of nitrogens with two attached hydrogens (primary N) is 1. The van der Waals surface area contributed by atoms with Gasteiger partial charge in [-0.05, 0) is 37.4 Å². The third-order valence-electron chi connectivity index (χ3n) is 2.53. The molecule has 3 nitrogen and oxygen atoms in total. The predicted molar refractivity (Wildman–Crippen MR) is 65.5 cm³/mol. The lowest BCUT2D eigenvalue weighted by molar-refractivity contribution is 0.128. The quantitative estimate of drug-likeness (QED) is 0.770. The van der Waals surface area contributed by atoms with Gasteiger partial charge in [-0.15, -0.1) is 0 Å². The number of aliphatic hydroxyl groups is 1. The third-order valence-corrected chi connectivity index (χ3v) is 2.53. The van der Waals surface area contributed by atoms with Gasteiger partial charge in [-0.3, -0.25) is 0 Å². The van der Waals surface area contributed by atoms with Gasteiger partial charge in [0.05, 0.1) is 6.61 Å². The number of benzene rings is 1. The average Bonchev–Trinajstić information content (AvgIpc) is 2.31. The van der Waals surface area contributed by atoms with Gasteiger partial charge in [0.1, 0.15) is 11.9 Å². The summed E-state index contributed by atoms with van der Waals surface area (Å²) in [5.74, 6) is 1.29. The maximum Gasteiger partial charge on any atom is 0.123 e. The van der Waals surface area contributed by atoms with Crippen molar-refractivity contribution in [1.29, 1.82) is 0 Å². The molecular weight excluding hydrogens is 202 g/mol. The lowest BCUT2D eigenvalue weighted by Gasteiger charge is -2.17. The lowest BCUT2D eigenvalue weighted by atomic mass is 10.0. The zero-order valence-electron chi connectivity index (χ0n) is 10.0. The van der Waals surface area contributed by atoms with Crippen LogP contribution in [0.15, 0.2) is 24.3 Å². The fourth-order valence-electron chi connectivity index (χ4n) is 1.50. The molecule has 0 bridgehead atoms. The van der Waals surface area contributed by atoms with Gasteiger partial charge >= 0.3 is 0 Å². The molecule has 0 heterocycles. The summed E-state index contributed by atoms with van der Waals surface area (Å²) in [6.07, 6.45) is 0.736. The van der Waals surface area contributed by atoms with Gasteiger partial charge in [0.15, 0.2) is 0 Å².